The van der Waals surface area contributed by atoms with E-state index in [1.165, 1.54) is 20.3 Å². The smallest absolute Gasteiger partial charge is 0.337 e. The van der Waals surface area contributed by atoms with Crippen LogP contribution in [-0.2, 0) is 32.3 Å². The number of anilines is 1. The first-order chi connectivity index (χ1) is 15.8. The highest BCUT2D eigenvalue weighted by atomic mass is 32.2. The highest BCUT2D eigenvalue weighted by Gasteiger charge is 2.22. The first kappa shape index (κ1) is 22.5. The average molecular weight is 470 g/mol. The summed E-state index contributed by atoms with van der Waals surface area (Å²) in [5.74, 6) is -1.55. The van der Waals surface area contributed by atoms with Crippen LogP contribution in [0.25, 0.3) is 11.3 Å². The molecule has 0 aliphatic heterocycles. The minimum absolute atomic E-state index is 0.0855. The van der Waals surface area contributed by atoms with Crippen molar-refractivity contribution in [3.05, 3.63) is 64.8 Å². The molecule has 0 radical (unpaired) electrons. The molecule has 0 unspecified atom stereocenters. The summed E-state index contributed by atoms with van der Waals surface area (Å²) in [5.41, 5.74) is 4.03. The number of carbonyl (C=O) groups is 2. The number of sulfonamides is 1. The molecule has 10 heteroatoms. The minimum Gasteiger partial charge on any atom is -0.465 e. The highest BCUT2D eigenvalue weighted by molar-refractivity contribution is 7.92. The van der Waals surface area contributed by atoms with E-state index in [9.17, 15) is 18.0 Å². The van der Waals surface area contributed by atoms with E-state index in [2.05, 4.69) is 24.4 Å². The van der Waals surface area contributed by atoms with Gasteiger partial charge in [0, 0.05) is 22.5 Å². The van der Waals surface area contributed by atoms with Gasteiger partial charge < -0.3 is 9.47 Å². The maximum Gasteiger partial charge on any atom is 0.337 e. The van der Waals surface area contributed by atoms with Crippen LogP contribution in [0.15, 0.2) is 47.4 Å². The largest absolute Gasteiger partial charge is 0.465 e. The minimum atomic E-state index is -4.14. The van der Waals surface area contributed by atoms with Gasteiger partial charge in [-0.25, -0.2) is 18.0 Å². The number of methoxy groups -OCH3 is 2. The Bertz CT molecular complexity index is 1300. The average Bonchev–Trinajstić information content (AvgIpc) is 3.27. The van der Waals surface area contributed by atoms with Crippen LogP contribution in [0.5, 0.6) is 0 Å². The summed E-state index contributed by atoms with van der Waals surface area (Å²) in [5, 5.41) is 7.53. The van der Waals surface area contributed by atoms with Gasteiger partial charge in [0.25, 0.3) is 10.0 Å². The molecule has 0 saturated heterocycles. The molecule has 0 atom stereocenters. The topological polar surface area (TPSA) is 127 Å². The Morgan fingerprint density at radius 1 is 0.970 bits per heavy atom. The second-order valence-electron chi connectivity index (χ2n) is 7.65. The maximum atomic E-state index is 13.1. The lowest BCUT2D eigenvalue weighted by Crippen LogP contribution is -2.16. The van der Waals surface area contributed by atoms with E-state index in [4.69, 9.17) is 0 Å². The summed E-state index contributed by atoms with van der Waals surface area (Å²) in [6.45, 7) is 0. The van der Waals surface area contributed by atoms with Gasteiger partial charge in [0.1, 0.15) is 0 Å². The molecular formula is C23H23N3O6S. The number of aromatic nitrogens is 2. The molecule has 1 heterocycles. The van der Waals surface area contributed by atoms with Crippen molar-refractivity contribution in [2.24, 2.45) is 0 Å². The zero-order valence-corrected chi connectivity index (χ0v) is 19.0. The van der Waals surface area contributed by atoms with Gasteiger partial charge in [-0.2, -0.15) is 5.10 Å². The van der Waals surface area contributed by atoms with Crippen molar-refractivity contribution in [2.45, 2.75) is 30.6 Å². The Labute approximate surface area is 191 Å². The maximum absolute atomic E-state index is 13.1. The molecule has 0 spiro atoms. The molecular weight excluding hydrogens is 446 g/mol. The lowest BCUT2D eigenvalue weighted by Gasteiger charge is -2.13. The molecule has 0 saturated carbocycles. The number of H-pyrrole nitrogens is 1. The molecule has 1 aromatic heterocycles. The predicted octanol–water partition coefficient (Wildman–Crippen LogP) is 3.33. The SMILES string of the molecule is COC(=O)c1cc(C(=O)OC)cc(S(=O)(=O)Nc2cccc(-c3n[nH]c4c3CCCC4)c2)c1. The highest BCUT2D eigenvalue weighted by Crippen LogP contribution is 2.31. The van der Waals surface area contributed by atoms with Crippen LogP contribution in [0.1, 0.15) is 44.8 Å². The van der Waals surface area contributed by atoms with E-state index in [1.807, 2.05) is 6.07 Å². The molecule has 0 amide bonds. The Morgan fingerprint density at radius 2 is 1.64 bits per heavy atom. The number of hydrogen-bond donors (Lipinski definition) is 2. The van der Waals surface area contributed by atoms with E-state index in [-0.39, 0.29) is 16.0 Å². The number of esters is 2. The molecule has 172 valence electrons. The molecule has 2 aromatic carbocycles. The first-order valence-electron chi connectivity index (χ1n) is 10.3. The van der Waals surface area contributed by atoms with Gasteiger partial charge in [-0.15, -0.1) is 0 Å². The number of aryl methyl sites for hydroxylation is 1. The molecule has 1 aliphatic rings. The summed E-state index contributed by atoms with van der Waals surface area (Å²) in [4.78, 5) is 23.7. The van der Waals surface area contributed by atoms with E-state index < -0.39 is 22.0 Å². The van der Waals surface area contributed by atoms with Crippen LogP contribution in [-0.4, -0.2) is 44.8 Å². The fraction of sp³-hybridized carbons (Fsp3) is 0.261. The van der Waals surface area contributed by atoms with Crippen molar-refractivity contribution in [1.82, 2.24) is 10.2 Å². The van der Waals surface area contributed by atoms with Gasteiger partial charge >= 0.3 is 11.9 Å². The number of nitrogens with one attached hydrogen (secondary N) is 2. The van der Waals surface area contributed by atoms with Crippen LogP contribution in [0.4, 0.5) is 5.69 Å². The third-order valence-corrected chi connectivity index (χ3v) is 6.86. The predicted molar refractivity (Wildman–Crippen MR) is 121 cm³/mol. The lowest BCUT2D eigenvalue weighted by atomic mass is 9.93. The summed E-state index contributed by atoms with van der Waals surface area (Å²) >= 11 is 0. The van der Waals surface area contributed by atoms with Crippen LogP contribution in [0, 0.1) is 0 Å². The number of aromatic amines is 1. The Kier molecular flexibility index (Phi) is 6.19. The van der Waals surface area contributed by atoms with Crippen LogP contribution in [0.3, 0.4) is 0 Å². The van der Waals surface area contributed by atoms with Gasteiger partial charge in [0.05, 0.1) is 35.9 Å². The van der Waals surface area contributed by atoms with Gasteiger partial charge in [0.15, 0.2) is 0 Å². The van der Waals surface area contributed by atoms with E-state index in [0.717, 1.165) is 60.3 Å². The van der Waals surface area contributed by atoms with Gasteiger partial charge in [0.2, 0.25) is 0 Å². The molecule has 0 bridgehead atoms. The van der Waals surface area contributed by atoms with Gasteiger partial charge in [-0.05, 0) is 56.0 Å². The molecule has 33 heavy (non-hydrogen) atoms. The van der Waals surface area contributed by atoms with E-state index >= 15 is 0 Å². The quantitative estimate of drug-likeness (QED) is 0.530. The van der Waals surface area contributed by atoms with Crippen molar-refractivity contribution >= 4 is 27.6 Å². The lowest BCUT2D eigenvalue weighted by molar-refractivity contribution is 0.0598. The number of nitrogens with zero attached hydrogens (tertiary/aromatic N) is 1. The van der Waals surface area contributed by atoms with Crippen LogP contribution >= 0.6 is 0 Å². The normalized spacial score (nSPS) is 13.2. The van der Waals surface area contributed by atoms with Crippen molar-refractivity contribution < 1.29 is 27.5 Å². The standard InChI is InChI=1S/C23H23N3O6S/c1-31-22(27)15-10-16(23(28)32-2)13-18(12-15)33(29,30)26-17-7-5-6-14(11-17)21-19-8-3-4-9-20(19)24-25-21/h5-7,10-13,26H,3-4,8-9H2,1-2H3,(H,24,25). The monoisotopic (exact) mass is 469 g/mol. The number of ether oxygens (including phenoxy) is 2. The Morgan fingerprint density at radius 3 is 2.30 bits per heavy atom. The van der Waals surface area contributed by atoms with Gasteiger partial charge in [-0.3, -0.25) is 9.82 Å². The van der Waals surface area contributed by atoms with Crippen LogP contribution < -0.4 is 4.72 Å². The number of carbonyl (C=O) groups excluding carboxylic acids is 2. The van der Waals surface area contributed by atoms with Gasteiger partial charge in [-0.1, -0.05) is 12.1 Å². The zero-order valence-electron chi connectivity index (χ0n) is 18.2. The number of rotatable bonds is 6. The summed E-state index contributed by atoms with van der Waals surface area (Å²) in [6, 6.07) is 10.4. The third kappa shape index (κ3) is 4.61. The van der Waals surface area contributed by atoms with E-state index in [0.29, 0.717) is 5.69 Å². The molecule has 9 nitrogen and oxygen atoms in total. The van der Waals surface area contributed by atoms with Crippen molar-refractivity contribution in [3.8, 4) is 11.3 Å². The summed E-state index contributed by atoms with van der Waals surface area (Å²) in [7, 11) is -1.81. The molecule has 2 N–H and O–H groups in total. The van der Waals surface area contributed by atoms with Crippen molar-refractivity contribution in [2.75, 3.05) is 18.9 Å². The van der Waals surface area contributed by atoms with Crippen molar-refractivity contribution in [1.29, 1.82) is 0 Å². The fourth-order valence-electron chi connectivity index (χ4n) is 3.89. The molecule has 4 rings (SSSR count). The Hall–Kier alpha value is -3.66. The molecule has 0 fully saturated rings. The molecule has 3 aromatic rings. The number of benzene rings is 2. The number of fused-ring (bicyclic) bond motifs is 1. The van der Waals surface area contributed by atoms with Crippen molar-refractivity contribution in [3.63, 3.8) is 0 Å². The summed E-state index contributed by atoms with van der Waals surface area (Å²) < 4.78 is 38.1. The fourth-order valence-corrected chi connectivity index (χ4v) is 5.01. The second kappa shape index (κ2) is 9.07. The third-order valence-electron chi connectivity index (χ3n) is 5.50. The van der Waals surface area contributed by atoms with Crippen LogP contribution in [0.2, 0.25) is 0 Å². The zero-order chi connectivity index (χ0) is 23.6. The summed E-state index contributed by atoms with van der Waals surface area (Å²) in [6.07, 6.45) is 4.08. The second-order valence-corrected chi connectivity index (χ2v) is 9.33. The Balaban J connectivity index is 1.68. The molecule has 1 aliphatic carbocycles. The first-order valence-corrected chi connectivity index (χ1v) is 11.8. The number of hydrogen-bond acceptors (Lipinski definition) is 7. The van der Waals surface area contributed by atoms with E-state index in [1.54, 1.807) is 18.2 Å².